The molecule has 0 aliphatic rings. The number of rotatable bonds is 10. The van der Waals surface area contributed by atoms with Gasteiger partial charge in [-0.25, -0.2) is 9.78 Å². The van der Waals surface area contributed by atoms with E-state index >= 15 is 0 Å². The first-order valence-corrected chi connectivity index (χ1v) is 10.1. The topological polar surface area (TPSA) is 91.0 Å². The van der Waals surface area contributed by atoms with Crippen LogP contribution >= 0.6 is 0 Å². The van der Waals surface area contributed by atoms with Gasteiger partial charge in [0.15, 0.2) is 5.60 Å². The molecule has 0 saturated heterocycles. The van der Waals surface area contributed by atoms with Crippen LogP contribution in [0.2, 0.25) is 0 Å². The Kier molecular flexibility index (Phi) is 6.84. The number of benzene rings is 2. The summed E-state index contributed by atoms with van der Waals surface area (Å²) in [6.07, 6.45) is 0.594. The maximum atomic E-state index is 11.2. The van der Waals surface area contributed by atoms with Crippen LogP contribution in [0.5, 0.6) is 17.2 Å². The van der Waals surface area contributed by atoms with Gasteiger partial charge in [-0.2, -0.15) is 0 Å². The van der Waals surface area contributed by atoms with Gasteiger partial charge in [0.1, 0.15) is 23.0 Å². The monoisotopic (exact) mass is 425 g/mol. The fourth-order valence-corrected chi connectivity index (χ4v) is 2.85. The number of aromatic nitrogens is 1. The lowest BCUT2D eigenvalue weighted by atomic mass is 10.1. The van der Waals surface area contributed by atoms with Crippen molar-refractivity contribution < 1.29 is 28.5 Å². The highest BCUT2D eigenvalue weighted by Crippen LogP contribution is 2.25. The summed E-state index contributed by atoms with van der Waals surface area (Å²) in [5, 5.41) is 9.14. The number of aliphatic carboxylic acids is 1. The van der Waals surface area contributed by atoms with Crippen LogP contribution in [0, 0.1) is 6.92 Å². The number of carboxylic acids is 1. The summed E-state index contributed by atoms with van der Waals surface area (Å²) in [5.41, 5.74) is 0.430. The predicted octanol–water partition coefficient (Wildman–Crippen LogP) is 4.91. The third-order valence-electron chi connectivity index (χ3n) is 4.62. The molecule has 0 aliphatic heterocycles. The van der Waals surface area contributed by atoms with E-state index in [1.165, 1.54) is 13.8 Å². The lowest BCUT2D eigenvalue weighted by Crippen LogP contribution is -2.37. The van der Waals surface area contributed by atoms with Gasteiger partial charge < -0.3 is 23.7 Å². The van der Waals surface area contributed by atoms with Crippen molar-refractivity contribution in [3.63, 3.8) is 0 Å². The second kappa shape index (κ2) is 9.55. The molecule has 7 heteroatoms. The van der Waals surface area contributed by atoms with Crippen LogP contribution in [0.25, 0.3) is 11.5 Å². The fourth-order valence-electron chi connectivity index (χ4n) is 2.85. The van der Waals surface area contributed by atoms with E-state index in [1.54, 1.807) is 24.3 Å². The van der Waals surface area contributed by atoms with Gasteiger partial charge in [-0.05, 0) is 76.2 Å². The van der Waals surface area contributed by atoms with E-state index in [1.807, 2.05) is 38.1 Å². The summed E-state index contributed by atoms with van der Waals surface area (Å²) in [6, 6.07) is 14.5. The molecule has 1 N–H and O–H groups in total. The number of ether oxygens (including phenoxy) is 3. The molecule has 0 bridgehead atoms. The van der Waals surface area contributed by atoms with Crippen molar-refractivity contribution >= 4 is 5.97 Å². The average Bonchev–Trinajstić information content (AvgIpc) is 3.10. The Hall–Kier alpha value is -3.48. The maximum absolute atomic E-state index is 11.2. The van der Waals surface area contributed by atoms with E-state index in [0.717, 1.165) is 22.8 Å². The summed E-state index contributed by atoms with van der Waals surface area (Å²) < 4.78 is 22.5. The van der Waals surface area contributed by atoms with Crippen LogP contribution in [0.3, 0.4) is 0 Å². The van der Waals surface area contributed by atoms with Crippen LogP contribution in [-0.4, -0.2) is 34.9 Å². The maximum Gasteiger partial charge on any atom is 0.347 e. The zero-order chi connectivity index (χ0) is 22.4. The van der Waals surface area contributed by atoms with Crippen molar-refractivity contribution in [2.75, 3.05) is 13.2 Å². The summed E-state index contributed by atoms with van der Waals surface area (Å²) >= 11 is 0. The molecular weight excluding hydrogens is 398 g/mol. The first kappa shape index (κ1) is 22.2. The third kappa shape index (κ3) is 5.78. The number of hydrogen-bond donors (Lipinski definition) is 1. The Labute approximate surface area is 181 Å². The van der Waals surface area contributed by atoms with Crippen molar-refractivity contribution in [2.24, 2.45) is 0 Å². The molecular formula is C24H27NO6. The molecule has 2 aromatic carbocycles. The highest BCUT2D eigenvalue weighted by atomic mass is 16.5. The van der Waals surface area contributed by atoms with E-state index in [2.05, 4.69) is 4.98 Å². The molecule has 0 saturated carbocycles. The summed E-state index contributed by atoms with van der Waals surface area (Å²) in [5.74, 6) is 2.23. The molecule has 0 aliphatic carbocycles. The van der Waals surface area contributed by atoms with Crippen LogP contribution in [0.4, 0.5) is 0 Å². The highest BCUT2D eigenvalue weighted by Gasteiger charge is 2.29. The van der Waals surface area contributed by atoms with E-state index in [4.69, 9.17) is 23.7 Å². The Bertz CT molecular complexity index is 1010. The van der Waals surface area contributed by atoms with Crippen LogP contribution in [0.15, 0.2) is 52.9 Å². The largest absolute Gasteiger partial charge is 0.494 e. The molecule has 1 aromatic heterocycles. The van der Waals surface area contributed by atoms with Crippen LogP contribution in [-0.2, 0) is 11.2 Å². The zero-order valence-electron chi connectivity index (χ0n) is 18.2. The number of nitrogens with zero attached hydrogens (tertiary/aromatic N) is 1. The molecule has 0 atom stereocenters. The van der Waals surface area contributed by atoms with Gasteiger partial charge >= 0.3 is 5.97 Å². The lowest BCUT2D eigenvalue weighted by molar-refractivity contribution is -0.152. The summed E-state index contributed by atoms with van der Waals surface area (Å²) in [6.45, 7) is 7.89. The molecule has 0 spiro atoms. The zero-order valence-corrected chi connectivity index (χ0v) is 18.2. The summed E-state index contributed by atoms with van der Waals surface area (Å²) in [7, 11) is 0. The molecule has 0 radical (unpaired) electrons. The molecule has 3 rings (SSSR count). The number of oxazole rings is 1. The molecule has 31 heavy (non-hydrogen) atoms. The summed E-state index contributed by atoms with van der Waals surface area (Å²) in [4.78, 5) is 15.8. The molecule has 0 fully saturated rings. The first-order chi connectivity index (χ1) is 14.8. The van der Waals surface area contributed by atoms with Gasteiger partial charge in [-0.1, -0.05) is 0 Å². The van der Waals surface area contributed by atoms with E-state index in [-0.39, 0.29) is 0 Å². The van der Waals surface area contributed by atoms with E-state index in [0.29, 0.717) is 37.0 Å². The molecule has 3 aromatic rings. The number of carboxylic acid groups (broad SMARTS) is 1. The van der Waals surface area contributed by atoms with Crippen molar-refractivity contribution in [3.8, 4) is 28.7 Å². The van der Waals surface area contributed by atoms with Gasteiger partial charge in [-0.3, -0.25) is 0 Å². The average molecular weight is 425 g/mol. The normalized spacial score (nSPS) is 11.2. The second-order valence-electron chi connectivity index (χ2n) is 7.47. The van der Waals surface area contributed by atoms with Gasteiger partial charge in [0.25, 0.3) is 0 Å². The third-order valence-corrected chi connectivity index (χ3v) is 4.62. The van der Waals surface area contributed by atoms with Crippen molar-refractivity contribution in [2.45, 2.75) is 39.7 Å². The minimum atomic E-state index is -1.30. The fraction of sp³-hybridized carbons (Fsp3) is 0.333. The first-order valence-electron chi connectivity index (χ1n) is 10.1. The van der Waals surface area contributed by atoms with E-state index in [9.17, 15) is 4.79 Å². The Balaban J connectivity index is 1.55. The lowest BCUT2D eigenvalue weighted by Gasteiger charge is -2.21. The van der Waals surface area contributed by atoms with Gasteiger partial charge in [0.05, 0.1) is 18.9 Å². The minimum absolute atomic E-state index is 0.427. The Morgan fingerprint density at radius 2 is 1.58 bits per heavy atom. The van der Waals surface area contributed by atoms with Gasteiger partial charge in [0, 0.05) is 12.0 Å². The number of hydrogen-bond acceptors (Lipinski definition) is 6. The number of aryl methyl sites for hydroxylation is 1. The van der Waals surface area contributed by atoms with E-state index < -0.39 is 11.6 Å². The van der Waals surface area contributed by atoms with Gasteiger partial charge in [0.2, 0.25) is 5.89 Å². The Morgan fingerprint density at radius 3 is 2.19 bits per heavy atom. The molecule has 0 amide bonds. The number of carbonyl (C=O) groups is 1. The van der Waals surface area contributed by atoms with Gasteiger partial charge in [-0.15, -0.1) is 0 Å². The Morgan fingerprint density at radius 1 is 1.00 bits per heavy atom. The highest BCUT2D eigenvalue weighted by molar-refractivity contribution is 5.76. The molecule has 164 valence electrons. The van der Waals surface area contributed by atoms with Crippen LogP contribution in [0.1, 0.15) is 32.2 Å². The SMILES string of the molecule is CCOc1ccc(-c2nc(CCOc3ccc(OC(C)(C)C(=O)O)cc3)c(C)o2)cc1. The predicted molar refractivity (Wildman–Crippen MR) is 116 cm³/mol. The molecule has 7 nitrogen and oxygen atoms in total. The quantitative estimate of drug-likeness (QED) is 0.493. The minimum Gasteiger partial charge on any atom is -0.494 e. The standard InChI is InChI=1S/C24H27NO6/c1-5-28-18-8-6-17(7-9-18)22-25-21(16(2)30-22)14-15-29-19-10-12-20(13-11-19)31-24(3,4)23(26)27/h6-13H,5,14-15H2,1-4H3,(H,26,27). The molecule has 0 unspecified atom stereocenters. The van der Waals surface area contributed by atoms with Crippen LogP contribution < -0.4 is 14.2 Å². The van der Waals surface area contributed by atoms with Crippen molar-refractivity contribution in [1.82, 2.24) is 4.98 Å². The second-order valence-corrected chi connectivity index (χ2v) is 7.47. The molecule has 1 heterocycles. The van der Waals surface area contributed by atoms with Crippen molar-refractivity contribution in [3.05, 3.63) is 60.0 Å². The van der Waals surface area contributed by atoms with Crippen molar-refractivity contribution in [1.29, 1.82) is 0 Å². The smallest absolute Gasteiger partial charge is 0.347 e.